The maximum absolute atomic E-state index is 13.2. The van der Waals surface area contributed by atoms with Gasteiger partial charge in [0, 0.05) is 28.3 Å². The number of hydrogen-bond donors (Lipinski definition) is 0. The summed E-state index contributed by atoms with van der Waals surface area (Å²) in [5.74, 6) is -0.714. The van der Waals surface area contributed by atoms with Crippen molar-refractivity contribution in [1.82, 2.24) is 14.8 Å². The van der Waals surface area contributed by atoms with Crippen LogP contribution in [-0.2, 0) is 18.3 Å². The van der Waals surface area contributed by atoms with Crippen molar-refractivity contribution in [2.45, 2.75) is 32.7 Å². The predicted octanol–water partition coefficient (Wildman–Crippen LogP) is 5.34. The van der Waals surface area contributed by atoms with Gasteiger partial charge in [-0.3, -0.25) is 14.3 Å². The molecule has 0 aliphatic carbocycles. The first kappa shape index (κ1) is 21.9. The lowest BCUT2D eigenvalue weighted by atomic mass is 10.1. The van der Waals surface area contributed by atoms with Gasteiger partial charge < -0.3 is 0 Å². The van der Waals surface area contributed by atoms with Crippen molar-refractivity contribution >= 4 is 40.7 Å². The van der Waals surface area contributed by atoms with Crippen LogP contribution in [0.15, 0.2) is 18.3 Å². The highest BCUT2D eigenvalue weighted by Gasteiger charge is 2.30. The number of halogens is 5. The van der Waals surface area contributed by atoms with E-state index in [2.05, 4.69) is 5.10 Å². The van der Waals surface area contributed by atoms with Crippen LogP contribution >= 0.6 is 34.8 Å². The van der Waals surface area contributed by atoms with Crippen LogP contribution in [-0.4, -0.2) is 33.4 Å². The molecule has 0 saturated heterocycles. The Labute approximate surface area is 170 Å². The Morgan fingerprint density at radius 2 is 1.89 bits per heavy atom. The molecule has 2 aromatic rings. The van der Waals surface area contributed by atoms with Crippen molar-refractivity contribution in [1.29, 1.82) is 0 Å². The summed E-state index contributed by atoms with van der Waals surface area (Å²) < 4.78 is 27.6. The molecule has 27 heavy (non-hydrogen) atoms. The molecular formula is C17H18Cl3F2N3O2. The van der Waals surface area contributed by atoms with Crippen molar-refractivity contribution in [3.8, 4) is 0 Å². The van der Waals surface area contributed by atoms with E-state index in [0.717, 1.165) is 9.75 Å². The van der Waals surface area contributed by atoms with E-state index >= 15 is 0 Å². The molecule has 2 rings (SSSR count). The average Bonchev–Trinajstić information content (AvgIpc) is 2.97. The van der Waals surface area contributed by atoms with E-state index in [0.29, 0.717) is 20.6 Å². The number of rotatable bonds is 7. The summed E-state index contributed by atoms with van der Waals surface area (Å²) in [7, 11) is 1.46. The van der Waals surface area contributed by atoms with Crippen molar-refractivity contribution in [2.24, 2.45) is 7.05 Å². The average molecular weight is 441 g/mol. The molecule has 0 fully saturated rings. The van der Waals surface area contributed by atoms with Crippen LogP contribution in [0.4, 0.5) is 8.78 Å². The van der Waals surface area contributed by atoms with Crippen LogP contribution in [0.5, 0.6) is 0 Å². The molecule has 1 aromatic heterocycles. The third kappa shape index (κ3) is 5.10. The molecule has 5 nitrogen and oxygen atoms in total. The number of nitrogens with zero attached hydrogens (tertiary/aromatic N) is 3. The molecule has 0 saturated carbocycles. The first-order chi connectivity index (χ1) is 12.6. The molecule has 148 valence electrons. The first-order valence-corrected chi connectivity index (χ1v) is 9.20. The predicted molar refractivity (Wildman–Crippen MR) is 101 cm³/mol. The van der Waals surface area contributed by atoms with Gasteiger partial charge >= 0.3 is 0 Å². The highest BCUT2D eigenvalue weighted by Crippen LogP contribution is 2.31. The van der Waals surface area contributed by atoms with E-state index in [1.54, 1.807) is 26.0 Å². The normalized spacial score (nSPS) is 12.5. The fourth-order valence-corrected chi connectivity index (χ4v) is 3.59. The zero-order valence-electron chi connectivity index (χ0n) is 14.8. The molecule has 0 aliphatic rings. The Balaban J connectivity index is 2.33. The van der Waals surface area contributed by atoms with E-state index in [-0.39, 0.29) is 18.6 Å². The van der Waals surface area contributed by atoms with Crippen LogP contribution in [0, 0.1) is 0 Å². The third-order valence-corrected chi connectivity index (χ3v) is 4.66. The van der Waals surface area contributed by atoms with E-state index in [4.69, 9.17) is 39.6 Å². The number of hydroxylamine groups is 2. The second-order valence-electron chi connectivity index (χ2n) is 5.85. The molecule has 1 unspecified atom stereocenters. The summed E-state index contributed by atoms with van der Waals surface area (Å²) in [6, 6.07) is 2.54. The number of aryl methyl sites for hydroxylation is 1. The van der Waals surface area contributed by atoms with E-state index in [1.165, 1.54) is 13.2 Å². The minimum atomic E-state index is -2.89. The van der Waals surface area contributed by atoms with Crippen molar-refractivity contribution in [3.63, 3.8) is 0 Å². The molecule has 1 aromatic carbocycles. The molecule has 0 spiro atoms. The zero-order valence-corrected chi connectivity index (χ0v) is 17.1. The van der Waals surface area contributed by atoms with Gasteiger partial charge in [-0.1, -0.05) is 34.8 Å². The SMILES string of the molecule is CCON(C(=O)c1cn(C)nc1C(F)F)C(C)Cc1c(Cl)cc(Cl)cc1Cl. The molecule has 0 bridgehead atoms. The van der Waals surface area contributed by atoms with Crippen molar-refractivity contribution < 1.29 is 18.4 Å². The third-order valence-electron chi connectivity index (χ3n) is 3.77. The highest BCUT2D eigenvalue weighted by molar-refractivity contribution is 6.39. The molecule has 0 aliphatic heterocycles. The molecule has 1 atom stereocenters. The number of amides is 1. The summed E-state index contributed by atoms with van der Waals surface area (Å²) in [5.41, 5.74) is -0.240. The Kier molecular flexibility index (Phi) is 7.45. The number of carbonyl (C=O) groups is 1. The van der Waals surface area contributed by atoms with Crippen LogP contribution in [0.25, 0.3) is 0 Å². The molecule has 0 N–H and O–H groups in total. The molecular weight excluding hydrogens is 423 g/mol. The lowest BCUT2D eigenvalue weighted by molar-refractivity contribution is -0.141. The molecule has 1 heterocycles. The largest absolute Gasteiger partial charge is 0.282 e. The first-order valence-electron chi connectivity index (χ1n) is 8.07. The highest BCUT2D eigenvalue weighted by atomic mass is 35.5. The monoisotopic (exact) mass is 439 g/mol. The van der Waals surface area contributed by atoms with Gasteiger partial charge in [0.1, 0.15) is 5.69 Å². The smallest absolute Gasteiger partial charge is 0.275 e. The number of benzene rings is 1. The fourth-order valence-electron chi connectivity index (χ4n) is 2.62. The Bertz CT molecular complexity index is 807. The van der Waals surface area contributed by atoms with Crippen LogP contribution in [0.3, 0.4) is 0 Å². The van der Waals surface area contributed by atoms with E-state index in [1.807, 2.05) is 0 Å². The van der Waals surface area contributed by atoms with E-state index < -0.39 is 24.1 Å². The summed E-state index contributed by atoms with van der Waals surface area (Å²) >= 11 is 18.3. The van der Waals surface area contributed by atoms with Crippen LogP contribution < -0.4 is 0 Å². The van der Waals surface area contributed by atoms with Gasteiger partial charge in [-0.25, -0.2) is 13.8 Å². The lowest BCUT2D eigenvalue weighted by Crippen LogP contribution is -2.40. The van der Waals surface area contributed by atoms with E-state index in [9.17, 15) is 13.6 Å². The quantitative estimate of drug-likeness (QED) is 0.546. The van der Waals surface area contributed by atoms with Gasteiger partial charge in [0.2, 0.25) is 0 Å². The minimum absolute atomic E-state index is 0.169. The topological polar surface area (TPSA) is 47.4 Å². The minimum Gasteiger partial charge on any atom is -0.275 e. The Hall–Kier alpha value is -1.41. The van der Waals surface area contributed by atoms with Crippen molar-refractivity contribution in [2.75, 3.05) is 6.61 Å². The zero-order chi connectivity index (χ0) is 20.3. The Morgan fingerprint density at radius 3 is 2.41 bits per heavy atom. The number of aromatic nitrogens is 2. The Morgan fingerprint density at radius 1 is 1.30 bits per heavy atom. The molecule has 0 radical (unpaired) electrons. The maximum Gasteiger partial charge on any atom is 0.282 e. The van der Waals surface area contributed by atoms with Crippen molar-refractivity contribution in [3.05, 3.63) is 50.2 Å². The summed E-state index contributed by atoms with van der Waals surface area (Å²) in [6.45, 7) is 3.56. The standard InChI is InChI=1S/C17H18Cl3F2N3O2/c1-4-27-25(17(26)12-8-24(3)23-15(12)16(21)22)9(2)5-11-13(19)6-10(18)7-14(11)20/h6-9,16H,4-5H2,1-3H3. The second-order valence-corrected chi connectivity index (χ2v) is 7.10. The summed E-state index contributed by atoms with van der Waals surface area (Å²) in [4.78, 5) is 18.3. The number of alkyl halides is 2. The number of carbonyl (C=O) groups excluding carboxylic acids is 1. The molecule has 10 heteroatoms. The van der Waals surface area contributed by atoms with Gasteiger partial charge in [-0.15, -0.1) is 0 Å². The number of hydrogen-bond acceptors (Lipinski definition) is 3. The van der Waals surface area contributed by atoms with Gasteiger partial charge in [0.05, 0.1) is 18.2 Å². The second kappa shape index (κ2) is 9.19. The fraction of sp³-hybridized carbons (Fsp3) is 0.412. The maximum atomic E-state index is 13.2. The van der Waals surface area contributed by atoms with Gasteiger partial charge in [-0.2, -0.15) is 5.10 Å². The van der Waals surface area contributed by atoms with Gasteiger partial charge in [-0.05, 0) is 38.0 Å². The van der Waals surface area contributed by atoms with Gasteiger partial charge in [0.25, 0.3) is 12.3 Å². The summed E-state index contributed by atoms with van der Waals surface area (Å²) in [6.07, 6.45) is -1.40. The van der Waals surface area contributed by atoms with Gasteiger partial charge in [0.15, 0.2) is 0 Å². The molecule has 1 amide bonds. The summed E-state index contributed by atoms with van der Waals surface area (Å²) in [5, 5.41) is 5.78. The van der Waals surface area contributed by atoms with Crippen LogP contribution in [0.1, 0.15) is 41.9 Å². The lowest BCUT2D eigenvalue weighted by Gasteiger charge is -2.28. The van der Waals surface area contributed by atoms with Crippen LogP contribution in [0.2, 0.25) is 15.1 Å².